The summed E-state index contributed by atoms with van der Waals surface area (Å²) in [4.78, 5) is 0. The third-order valence-electron chi connectivity index (χ3n) is 6.79. The van der Waals surface area contributed by atoms with Crippen LogP contribution in [-0.2, 0) is 14.6 Å². The highest BCUT2D eigenvalue weighted by Gasteiger charge is 2.13. The van der Waals surface area contributed by atoms with Crippen LogP contribution < -0.4 is 0 Å². The van der Waals surface area contributed by atoms with Crippen molar-refractivity contribution in [3.63, 3.8) is 0 Å². The van der Waals surface area contributed by atoms with Crippen molar-refractivity contribution in [1.82, 2.24) is 0 Å². The molecular formula is C29H63NO4S. The topological polar surface area (TPSA) is 66.4 Å². The van der Waals surface area contributed by atoms with E-state index in [1.807, 2.05) is 0 Å². The second kappa shape index (κ2) is 24.2. The van der Waals surface area contributed by atoms with Crippen LogP contribution in [0.3, 0.4) is 0 Å². The molecule has 0 N–H and O–H groups in total. The Kier molecular flexibility index (Phi) is 25.6. The minimum absolute atomic E-state index is 0.808. The van der Waals surface area contributed by atoms with Crippen LogP contribution in [0.25, 0.3) is 0 Å². The fourth-order valence-corrected chi connectivity index (χ4v) is 4.42. The molecule has 0 spiro atoms. The Morgan fingerprint density at radius 3 is 1.03 bits per heavy atom. The number of quaternary nitrogens is 1. The standard InChI is InChI=1S/C28H60N.CH4O4S/c1-27(2)23-19-15-11-7-9-13-17-21-25-29(5,6)26-22-18-14-10-8-12-16-20-24-28(3)4;1-5-6(2,3)4/h27-28H,7-26H2,1-6H3;1H3,(H,2,3,4)/q+1;/p-1. The lowest BCUT2D eigenvalue weighted by atomic mass is 10.0. The van der Waals surface area contributed by atoms with Crippen molar-refractivity contribution in [3.05, 3.63) is 0 Å². The predicted octanol–water partition coefficient (Wildman–Crippen LogP) is 8.49. The molecule has 0 radical (unpaired) electrons. The van der Waals surface area contributed by atoms with Crippen LogP contribution in [0.15, 0.2) is 0 Å². The number of unbranched alkanes of at least 4 members (excludes halogenated alkanes) is 14. The van der Waals surface area contributed by atoms with Crippen LogP contribution in [0.4, 0.5) is 0 Å². The van der Waals surface area contributed by atoms with E-state index in [0.29, 0.717) is 0 Å². The molecule has 0 saturated carbocycles. The smallest absolute Gasteiger partial charge is 0.217 e. The minimum atomic E-state index is -4.41. The van der Waals surface area contributed by atoms with Gasteiger partial charge in [-0.3, -0.25) is 4.18 Å². The molecule has 0 aromatic carbocycles. The maximum atomic E-state index is 9.22. The van der Waals surface area contributed by atoms with Crippen molar-refractivity contribution >= 4 is 10.4 Å². The first kappa shape index (κ1) is 37.0. The first-order valence-corrected chi connectivity index (χ1v) is 16.1. The van der Waals surface area contributed by atoms with Crippen LogP contribution in [0.5, 0.6) is 0 Å². The van der Waals surface area contributed by atoms with Crippen LogP contribution in [0.2, 0.25) is 0 Å². The first-order valence-electron chi connectivity index (χ1n) is 14.7. The van der Waals surface area contributed by atoms with E-state index in [9.17, 15) is 13.0 Å². The maximum absolute atomic E-state index is 9.22. The molecule has 214 valence electrons. The highest BCUT2D eigenvalue weighted by atomic mass is 32.3. The van der Waals surface area contributed by atoms with E-state index in [0.717, 1.165) is 18.9 Å². The molecular weight excluding hydrogens is 458 g/mol. The van der Waals surface area contributed by atoms with Gasteiger partial charge in [-0.15, -0.1) is 0 Å². The van der Waals surface area contributed by atoms with Gasteiger partial charge < -0.3 is 9.04 Å². The molecule has 0 rings (SSSR count). The number of hydrogen-bond acceptors (Lipinski definition) is 4. The lowest BCUT2D eigenvalue weighted by Gasteiger charge is -2.30. The predicted molar refractivity (Wildman–Crippen MR) is 151 cm³/mol. The summed E-state index contributed by atoms with van der Waals surface area (Å²) in [6, 6.07) is 0. The van der Waals surface area contributed by atoms with E-state index in [4.69, 9.17) is 0 Å². The summed E-state index contributed by atoms with van der Waals surface area (Å²) >= 11 is 0. The van der Waals surface area contributed by atoms with Crippen LogP contribution in [0.1, 0.15) is 143 Å². The van der Waals surface area contributed by atoms with Gasteiger partial charge in [-0.2, -0.15) is 0 Å². The number of hydrogen-bond donors (Lipinski definition) is 0. The Morgan fingerprint density at radius 2 is 0.800 bits per heavy atom. The number of nitrogens with zero attached hydrogens (tertiary/aromatic N) is 1. The van der Waals surface area contributed by atoms with E-state index in [2.05, 4.69) is 46.0 Å². The van der Waals surface area contributed by atoms with Crippen molar-refractivity contribution in [1.29, 1.82) is 0 Å². The SMILES string of the molecule is CC(C)CCCCCCCCCC[N+](C)(C)CCCCCCCCCCC(C)C.COS(=O)(=O)[O-]. The Bertz CT molecular complexity index is 503. The maximum Gasteiger partial charge on any atom is 0.217 e. The van der Waals surface area contributed by atoms with E-state index in [-0.39, 0.29) is 0 Å². The highest BCUT2D eigenvalue weighted by Crippen LogP contribution is 2.15. The fraction of sp³-hybridized carbons (Fsp3) is 1.00. The monoisotopic (exact) mass is 521 g/mol. The second-order valence-corrected chi connectivity index (χ2v) is 13.1. The Balaban J connectivity index is 0. The lowest BCUT2D eigenvalue weighted by molar-refractivity contribution is -0.890. The van der Waals surface area contributed by atoms with Crippen molar-refractivity contribution in [2.75, 3.05) is 34.3 Å². The Labute approximate surface area is 221 Å². The molecule has 0 atom stereocenters. The molecule has 0 aromatic rings. The molecule has 0 saturated heterocycles. The van der Waals surface area contributed by atoms with Crippen molar-refractivity contribution in [2.24, 2.45) is 11.8 Å². The molecule has 0 unspecified atom stereocenters. The molecule has 5 nitrogen and oxygen atoms in total. The largest absolute Gasteiger partial charge is 0.726 e. The molecule has 6 heteroatoms. The molecule has 0 heterocycles. The molecule has 35 heavy (non-hydrogen) atoms. The minimum Gasteiger partial charge on any atom is -0.726 e. The summed E-state index contributed by atoms with van der Waals surface area (Å²) in [6.07, 6.45) is 26.1. The zero-order chi connectivity index (χ0) is 27.0. The van der Waals surface area contributed by atoms with Crippen molar-refractivity contribution < 1.29 is 21.6 Å². The van der Waals surface area contributed by atoms with Gasteiger partial charge in [-0.25, -0.2) is 8.42 Å². The molecule has 0 aromatic heterocycles. The summed E-state index contributed by atoms with van der Waals surface area (Å²) < 4.78 is 32.3. The summed E-state index contributed by atoms with van der Waals surface area (Å²) in [7, 11) is 1.29. The van der Waals surface area contributed by atoms with Crippen LogP contribution >= 0.6 is 0 Å². The molecule has 0 aliphatic carbocycles. The van der Waals surface area contributed by atoms with E-state index in [1.54, 1.807) is 0 Å². The van der Waals surface area contributed by atoms with Gasteiger partial charge in [0.25, 0.3) is 0 Å². The van der Waals surface area contributed by atoms with Crippen molar-refractivity contribution in [3.8, 4) is 0 Å². The van der Waals surface area contributed by atoms with Crippen LogP contribution in [-0.4, -0.2) is 51.7 Å². The molecule has 0 bridgehead atoms. The van der Waals surface area contributed by atoms with Gasteiger partial charge in [0.2, 0.25) is 10.4 Å². The summed E-state index contributed by atoms with van der Waals surface area (Å²) in [5.41, 5.74) is 0. The molecule has 0 aliphatic rings. The third-order valence-corrected chi connectivity index (χ3v) is 7.20. The van der Waals surface area contributed by atoms with Gasteiger partial charge in [-0.1, -0.05) is 118 Å². The van der Waals surface area contributed by atoms with E-state index in [1.165, 1.54) is 133 Å². The van der Waals surface area contributed by atoms with Gasteiger partial charge in [0, 0.05) is 0 Å². The van der Waals surface area contributed by atoms with Gasteiger partial charge >= 0.3 is 0 Å². The zero-order valence-corrected chi connectivity index (χ0v) is 25.6. The average Bonchev–Trinajstić information content (AvgIpc) is 2.75. The quantitative estimate of drug-likeness (QED) is 0.0585. The average molecular weight is 522 g/mol. The fourth-order valence-electron chi connectivity index (χ4n) is 4.42. The normalized spacial score (nSPS) is 12.3. The highest BCUT2D eigenvalue weighted by molar-refractivity contribution is 7.80. The summed E-state index contributed by atoms with van der Waals surface area (Å²) in [5, 5.41) is 0. The summed E-state index contributed by atoms with van der Waals surface area (Å²) in [6.45, 7) is 12.1. The van der Waals surface area contributed by atoms with E-state index >= 15 is 0 Å². The Morgan fingerprint density at radius 1 is 0.571 bits per heavy atom. The van der Waals surface area contributed by atoms with Gasteiger partial charge in [-0.05, 0) is 37.5 Å². The second-order valence-electron chi connectivity index (χ2n) is 12.0. The van der Waals surface area contributed by atoms with Gasteiger partial charge in [0.15, 0.2) is 0 Å². The van der Waals surface area contributed by atoms with Crippen LogP contribution in [0, 0.1) is 11.8 Å². The van der Waals surface area contributed by atoms with Gasteiger partial charge in [0.1, 0.15) is 0 Å². The lowest BCUT2D eigenvalue weighted by Crippen LogP contribution is -2.41. The summed E-state index contributed by atoms with van der Waals surface area (Å²) in [5.74, 6) is 1.78. The third kappa shape index (κ3) is 36.1. The molecule has 0 fully saturated rings. The van der Waals surface area contributed by atoms with E-state index < -0.39 is 10.4 Å². The van der Waals surface area contributed by atoms with Gasteiger partial charge in [0.05, 0.1) is 34.3 Å². The molecule has 0 aliphatic heterocycles. The zero-order valence-electron chi connectivity index (χ0n) is 24.8. The van der Waals surface area contributed by atoms with Crippen molar-refractivity contribution in [2.45, 2.75) is 143 Å². The Hall–Kier alpha value is -0.170. The number of rotatable bonds is 23. The first-order chi connectivity index (χ1) is 16.4. The molecule has 0 amide bonds.